The Morgan fingerprint density at radius 1 is 1.18 bits per heavy atom. The van der Waals surface area contributed by atoms with Crippen LogP contribution in [0, 0.1) is 5.92 Å². The van der Waals surface area contributed by atoms with E-state index in [1.54, 1.807) is 0 Å². The summed E-state index contributed by atoms with van der Waals surface area (Å²) in [4.78, 5) is 2.49. The lowest BCUT2D eigenvalue weighted by molar-refractivity contribution is -0.0195. The van der Waals surface area contributed by atoms with Crippen LogP contribution >= 0.6 is 0 Å². The van der Waals surface area contributed by atoms with E-state index in [9.17, 15) is 0 Å². The number of likely N-dealkylation sites (N-methyl/N-ethyl adjacent to an activating group) is 1. The molecule has 2 saturated heterocycles. The van der Waals surface area contributed by atoms with Crippen molar-refractivity contribution in [2.45, 2.75) is 37.8 Å². The van der Waals surface area contributed by atoms with E-state index >= 15 is 0 Å². The summed E-state index contributed by atoms with van der Waals surface area (Å²) in [5, 5.41) is 0. The number of ether oxygens (including phenoxy) is 2. The van der Waals surface area contributed by atoms with Gasteiger partial charge in [-0.15, -0.1) is 0 Å². The Bertz CT molecular complexity index is 238. The zero-order chi connectivity index (χ0) is 12.3. The van der Waals surface area contributed by atoms with Crippen molar-refractivity contribution in [3.63, 3.8) is 0 Å². The molecule has 0 aromatic heterocycles. The van der Waals surface area contributed by atoms with Gasteiger partial charge in [0.25, 0.3) is 0 Å². The molecular weight excluding hydrogens is 216 g/mol. The van der Waals surface area contributed by atoms with E-state index in [4.69, 9.17) is 15.2 Å². The fourth-order valence-corrected chi connectivity index (χ4v) is 3.11. The van der Waals surface area contributed by atoms with Crippen LogP contribution in [0.1, 0.15) is 26.2 Å². The maximum atomic E-state index is 6.07. The second-order valence-electron chi connectivity index (χ2n) is 5.58. The third-order valence-corrected chi connectivity index (χ3v) is 4.77. The van der Waals surface area contributed by atoms with Crippen molar-refractivity contribution < 1.29 is 9.47 Å². The van der Waals surface area contributed by atoms with Gasteiger partial charge in [-0.2, -0.15) is 0 Å². The van der Waals surface area contributed by atoms with Crippen molar-refractivity contribution in [2.75, 3.05) is 40.0 Å². The summed E-state index contributed by atoms with van der Waals surface area (Å²) in [6, 6.07) is 0.609. The second-order valence-corrected chi connectivity index (χ2v) is 5.58. The molecule has 2 aliphatic heterocycles. The summed E-state index contributed by atoms with van der Waals surface area (Å²) in [6.45, 7) is 6.52. The minimum atomic E-state index is 0.0680. The van der Waals surface area contributed by atoms with Crippen molar-refractivity contribution in [3.8, 4) is 0 Å². The Hall–Kier alpha value is -0.160. The molecule has 0 aliphatic carbocycles. The molecule has 4 heteroatoms. The van der Waals surface area contributed by atoms with E-state index < -0.39 is 0 Å². The average Bonchev–Trinajstić information content (AvgIpc) is 2.92. The Kier molecular flexibility index (Phi) is 4.42. The van der Waals surface area contributed by atoms with Crippen molar-refractivity contribution >= 4 is 0 Å². The molecular formula is C13H26N2O2. The molecule has 4 nitrogen and oxygen atoms in total. The first kappa shape index (κ1) is 13.3. The SMILES string of the molecule is CN(C1CCOCC1)C(C)(CN)C1CCOC1. The maximum absolute atomic E-state index is 6.07. The first-order chi connectivity index (χ1) is 8.18. The van der Waals surface area contributed by atoms with Gasteiger partial charge >= 0.3 is 0 Å². The Balaban J connectivity index is 2.04. The molecule has 2 atom stereocenters. The number of hydrogen-bond acceptors (Lipinski definition) is 4. The summed E-state index contributed by atoms with van der Waals surface area (Å²) in [5.74, 6) is 0.570. The van der Waals surface area contributed by atoms with E-state index in [1.807, 2.05) is 0 Å². The van der Waals surface area contributed by atoms with E-state index in [1.165, 1.54) is 0 Å². The van der Waals surface area contributed by atoms with Crippen LogP contribution in [0.4, 0.5) is 0 Å². The van der Waals surface area contributed by atoms with Crippen molar-refractivity contribution in [1.82, 2.24) is 4.90 Å². The minimum Gasteiger partial charge on any atom is -0.381 e. The molecule has 0 amide bonds. The summed E-state index contributed by atoms with van der Waals surface area (Å²) in [5.41, 5.74) is 6.13. The van der Waals surface area contributed by atoms with Gasteiger partial charge in [0.2, 0.25) is 0 Å². The average molecular weight is 242 g/mol. The van der Waals surface area contributed by atoms with E-state index in [0.717, 1.165) is 45.7 Å². The Labute approximate surface area is 104 Å². The largest absolute Gasteiger partial charge is 0.381 e. The Morgan fingerprint density at radius 2 is 1.82 bits per heavy atom. The fourth-order valence-electron chi connectivity index (χ4n) is 3.11. The zero-order valence-corrected chi connectivity index (χ0v) is 11.2. The van der Waals surface area contributed by atoms with Crippen molar-refractivity contribution in [2.24, 2.45) is 11.7 Å². The molecule has 0 saturated carbocycles. The molecule has 0 bridgehead atoms. The van der Waals surface area contributed by atoms with Crippen LogP contribution in [0.3, 0.4) is 0 Å². The molecule has 2 rings (SSSR count). The lowest BCUT2D eigenvalue weighted by Gasteiger charge is -2.47. The van der Waals surface area contributed by atoms with Gasteiger partial charge in [0.15, 0.2) is 0 Å². The molecule has 0 radical (unpaired) electrons. The van der Waals surface area contributed by atoms with Gasteiger partial charge in [0.05, 0.1) is 6.61 Å². The number of nitrogens with two attached hydrogens (primary N) is 1. The normalized spacial score (nSPS) is 30.7. The molecule has 2 heterocycles. The monoisotopic (exact) mass is 242 g/mol. The van der Waals surface area contributed by atoms with Gasteiger partial charge in [-0.3, -0.25) is 4.90 Å². The highest BCUT2D eigenvalue weighted by Gasteiger charge is 2.41. The van der Waals surface area contributed by atoms with E-state index in [-0.39, 0.29) is 5.54 Å². The quantitative estimate of drug-likeness (QED) is 0.794. The first-order valence-corrected chi connectivity index (χ1v) is 6.77. The predicted molar refractivity (Wildman–Crippen MR) is 68.0 cm³/mol. The smallest absolute Gasteiger partial charge is 0.0513 e. The van der Waals surface area contributed by atoms with Gasteiger partial charge in [0.1, 0.15) is 0 Å². The minimum absolute atomic E-state index is 0.0680. The van der Waals surface area contributed by atoms with Gasteiger partial charge in [-0.05, 0) is 33.2 Å². The number of rotatable bonds is 4. The fraction of sp³-hybridized carbons (Fsp3) is 1.00. The van der Waals surface area contributed by atoms with Crippen LogP contribution in [0.15, 0.2) is 0 Å². The zero-order valence-electron chi connectivity index (χ0n) is 11.2. The van der Waals surface area contributed by atoms with Gasteiger partial charge in [-0.25, -0.2) is 0 Å². The number of hydrogen-bond donors (Lipinski definition) is 1. The molecule has 0 aromatic carbocycles. The lowest BCUT2D eigenvalue weighted by Crippen LogP contribution is -2.59. The van der Waals surface area contributed by atoms with Gasteiger partial charge in [0, 0.05) is 43.9 Å². The first-order valence-electron chi connectivity index (χ1n) is 6.77. The Morgan fingerprint density at radius 3 is 2.35 bits per heavy atom. The third-order valence-electron chi connectivity index (χ3n) is 4.77. The topological polar surface area (TPSA) is 47.7 Å². The molecule has 0 spiro atoms. The molecule has 17 heavy (non-hydrogen) atoms. The highest BCUT2D eigenvalue weighted by atomic mass is 16.5. The van der Waals surface area contributed by atoms with Crippen LogP contribution < -0.4 is 5.73 Å². The molecule has 2 aliphatic rings. The number of nitrogens with zero attached hydrogens (tertiary/aromatic N) is 1. The molecule has 0 aromatic rings. The van der Waals surface area contributed by atoms with Crippen molar-refractivity contribution in [3.05, 3.63) is 0 Å². The lowest BCUT2D eigenvalue weighted by atomic mass is 9.82. The summed E-state index contributed by atoms with van der Waals surface area (Å²) < 4.78 is 11.0. The summed E-state index contributed by atoms with van der Waals surface area (Å²) >= 11 is 0. The van der Waals surface area contributed by atoms with Crippen LogP contribution in [0.5, 0.6) is 0 Å². The summed E-state index contributed by atoms with van der Waals surface area (Å²) in [7, 11) is 2.22. The van der Waals surface area contributed by atoms with Crippen LogP contribution in [0.2, 0.25) is 0 Å². The predicted octanol–water partition coefficient (Wildman–Crippen LogP) is 0.851. The highest BCUT2D eigenvalue weighted by Crippen LogP contribution is 2.32. The third kappa shape index (κ3) is 2.65. The molecule has 2 unspecified atom stereocenters. The van der Waals surface area contributed by atoms with Gasteiger partial charge in [-0.1, -0.05) is 0 Å². The van der Waals surface area contributed by atoms with E-state index in [2.05, 4.69) is 18.9 Å². The van der Waals surface area contributed by atoms with Crippen LogP contribution in [-0.2, 0) is 9.47 Å². The van der Waals surface area contributed by atoms with Crippen LogP contribution in [0.25, 0.3) is 0 Å². The second kappa shape index (κ2) is 5.65. The van der Waals surface area contributed by atoms with E-state index in [0.29, 0.717) is 18.5 Å². The molecule has 2 N–H and O–H groups in total. The molecule has 100 valence electrons. The summed E-state index contributed by atoms with van der Waals surface area (Å²) in [6.07, 6.45) is 3.39. The van der Waals surface area contributed by atoms with Gasteiger partial charge < -0.3 is 15.2 Å². The molecule has 2 fully saturated rings. The standard InChI is InChI=1S/C13H26N2O2/c1-13(10-14,11-3-6-17-9-11)15(2)12-4-7-16-8-5-12/h11-12H,3-10,14H2,1-2H3. The maximum Gasteiger partial charge on any atom is 0.0513 e. The van der Waals surface area contributed by atoms with Crippen molar-refractivity contribution in [1.29, 1.82) is 0 Å². The van der Waals surface area contributed by atoms with Crippen LogP contribution in [-0.4, -0.2) is 56.5 Å². The highest BCUT2D eigenvalue weighted by molar-refractivity contribution is 4.96.